The van der Waals surface area contributed by atoms with Crippen LogP contribution < -0.4 is 5.32 Å². The lowest BCUT2D eigenvalue weighted by Gasteiger charge is -2.03. The third-order valence-electron chi connectivity index (χ3n) is 2.80. The molecule has 0 saturated carbocycles. The molecule has 1 aromatic heterocycles. The highest BCUT2D eigenvalue weighted by Crippen LogP contribution is 2.18. The first-order chi connectivity index (χ1) is 9.20. The molecule has 96 valence electrons. The van der Waals surface area contributed by atoms with Gasteiger partial charge in [-0.3, -0.25) is 0 Å². The summed E-state index contributed by atoms with van der Waals surface area (Å²) in [5.41, 5.74) is 3.02. The van der Waals surface area contributed by atoms with Crippen LogP contribution in [-0.4, -0.2) is 9.97 Å². The summed E-state index contributed by atoms with van der Waals surface area (Å²) in [5, 5.41) is 4.03. The van der Waals surface area contributed by atoms with Gasteiger partial charge in [0.05, 0.1) is 17.6 Å². The van der Waals surface area contributed by atoms with E-state index < -0.39 is 0 Å². The third kappa shape index (κ3) is 2.91. The fourth-order valence-electron chi connectivity index (χ4n) is 1.87. The maximum absolute atomic E-state index is 5.85. The maximum atomic E-state index is 5.85. The molecular formula is C14H11BrClN3. The van der Waals surface area contributed by atoms with Gasteiger partial charge in [-0.2, -0.15) is 0 Å². The molecule has 0 atom stereocenters. The highest BCUT2D eigenvalue weighted by molar-refractivity contribution is 9.10. The van der Waals surface area contributed by atoms with Crippen LogP contribution in [0.1, 0.15) is 5.82 Å². The summed E-state index contributed by atoms with van der Waals surface area (Å²) in [6, 6.07) is 13.6. The first-order valence-corrected chi connectivity index (χ1v) is 7.01. The minimum atomic E-state index is 0.647. The SMILES string of the molecule is Clc1ccc(NCc2nc3ccc(Br)cc3[nH]2)cc1. The fourth-order valence-corrected chi connectivity index (χ4v) is 2.36. The van der Waals surface area contributed by atoms with Crippen LogP contribution in [0.15, 0.2) is 46.9 Å². The number of hydrogen-bond donors (Lipinski definition) is 2. The molecule has 5 heteroatoms. The Kier molecular flexibility index (Phi) is 3.44. The number of H-pyrrole nitrogens is 1. The Bertz CT molecular complexity index is 706. The van der Waals surface area contributed by atoms with Crippen LogP contribution >= 0.6 is 27.5 Å². The predicted octanol–water partition coefficient (Wildman–Crippen LogP) is 4.59. The molecule has 2 aromatic carbocycles. The second-order valence-electron chi connectivity index (χ2n) is 4.21. The number of anilines is 1. The van der Waals surface area contributed by atoms with Gasteiger partial charge in [0.2, 0.25) is 0 Å². The first kappa shape index (κ1) is 12.5. The van der Waals surface area contributed by atoms with E-state index in [9.17, 15) is 0 Å². The van der Waals surface area contributed by atoms with Gasteiger partial charge in [-0.15, -0.1) is 0 Å². The van der Waals surface area contributed by atoms with E-state index in [1.54, 1.807) is 0 Å². The van der Waals surface area contributed by atoms with Gasteiger partial charge in [-0.1, -0.05) is 27.5 Å². The van der Waals surface area contributed by atoms with E-state index in [0.29, 0.717) is 6.54 Å². The minimum absolute atomic E-state index is 0.647. The molecule has 2 N–H and O–H groups in total. The smallest absolute Gasteiger partial charge is 0.126 e. The monoisotopic (exact) mass is 335 g/mol. The molecule has 0 aliphatic rings. The van der Waals surface area contributed by atoms with E-state index in [-0.39, 0.29) is 0 Å². The normalized spacial score (nSPS) is 10.8. The van der Waals surface area contributed by atoms with E-state index >= 15 is 0 Å². The van der Waals surface area contributed by atoms with Crippen molar-refractivity contribution in [2.24, 2.45) is 0 Å². The van der Waals surface area contributed by atoms with Gasteiger partial charge in [-0.05, 0) is 42.5 Å². The Morgan fingerprint density at radius 2 is 1.95 bits per heavy atom. The predicted molar refractivity (Wildman–Crippen MR) is 82.6 cm³/mol. The summed E-state index contributed by atoms with van der Waals surface area (Å²) >= 11 is 9.29. The summed E-state index contributed by atoms with van der Waals surface area (Å²) in [5.74, 6) is 0.906. The zero-order valence-corrected chi connectivity index (χ0v) is 12.3. The number of fused-ring (bicyclic) bond motifs is 1. The lowest BCUT2D eigenvalue weighted by molar-refractivity contribution is 1.01. The highest BCUT2D eigenvalue weighted by atomic mass is 79.9. The lowest BCUT2D eigenvalue weighted by atomic mass is 10.3. The molecule has 0 aliphatic carbocycles. The molecule has 19 heavy (non-hydrogen) atoms. The Hall–Kier alpha value is -1.52. The maximum Gasteiger partial charge on any atom is 0.126 e. The zero-order chi connectivity index (χ0) is 13.2. The summed E-state index contributed by atoms with van der Waals surface area (Å²) in [7, 11) is 0. The van der Waals surface area contributed by atoms with Crippen LogP contribution in [0.25, 0.3) is 11.0 Å². The van der Waals surface area contributed by atoms with Crippen LogP contribution in [0.5, 0.6) is 0 Å². The second-order valence-corrected chi connectivity index (χ2v) is 5.56. The van der Waals surface area contributed by atoms with E-state index in [2.05, 4.69) is 31.2 Å². The van der Waals surface area contributed by atoms with Crippen molar-refractivity contribution in [2.45, 2.75) is 6.54 Å². The molecule has 0 spiro atoms. The largest absolute Gasteiger partial charge is 0.378 e. The number of nitrogens with zero attached hydrogens (tertiary/aromatic N) is 1. The zero-order valence-electron chi connectivity index (χ0n) is 9.95. The summed E-state index contributed by atoms with van der Waals surface area (Å²) < 4.78 is 1.04. The summed E-state index contributed by atoms with van der Waals surface area (Å²) in [6.45, 7) is 0.647. The van der Waals surface area contributed by atoms with Gasteiger partial charge in [-0.25, -0.2) is 4.98 Å². The average molecular weight is 337 g/mol. The van der Waals surface area contributed by atoms with Crippen molar-refractivity contribution >= 4 is 44.3 Å². The lowest BCUT2D eigenvalue weighted by Crippen LogP contribution is -2.00. The van der Waals surface area contributed by atoms with Gasteiger partial charge < -0.3 is 10.3 Å². The van der Waals surface area contributed by atoms with Gasteiger partial charge in [0.1, 0.15) is 5.82 Å². The van der Waals surface area contributed by atoms with Crippen LogP contribution in [0.2, 0.25) is 5.02 Å². The Morgan fingerprint density at radius 3 is 2.74 bits per heavy atom. The molecule has 1 heterocycles. The quantitative estimate of drug-likeness (QED) is 0.734. The van der Waals surface area contributed by atoms with E-state index in [1.807, 2.05) is 42.5 Å². The average Bonchev–Trinajstić information content (AvgIpc) is 2.80. The molecule has 0 saturated heterocycles. The van der Waals surface area contributed by atoms with Crippen molar-refractivity contribution in [3.05, 3.63) is 57.8 Å². The van der Waals surface area contributed by atoms with Crippen molar-refractivity contribution in [1.82, 2.24) is 9.97 Å². The van der Waals surface area contributed by atoms with E-state index in [4.69, 9.17) is 11.6 Å². The summed E-state index contributed by atoms with van der Waals surface area (Å²) in [6.07, 6.45) is 0. The van der Waals surface area contributed by atoms with Gasteiger partial charge in [0, 0.05) is 15.2 Å². The molecule has 0 aliphatic heterocycles. The van der Waals surface area contributed by atoms with Crippen LogP contribution in [0.3, 0.4) is 0 Å². The van der Waals surface area contributed by atoms with Crippen molar-refractivity contribution in [1.29, 1.82) is 0 Å². The van der Waals surface area contributed by atoms with E-state index in [0.717, 1.165) is 32.0 Å². The number of rotatable bonds is 3. The fraction of sp³-hybridized carbons (Fsp3) is 0.0714. The topological polar surface area (TPSA) is 40.7 Å². The minimum Gasteiger partial charge on any atom is -0.378 e. The summed E-state index contributed by atoms with van der Waals surface area (Å²) in [4.78, 5) is 7.81. The number of aromatic nitrogens is 2. The van der Waals surface area contributed by atoms with Gasteiger partial charge >= 0.3 is 0 Å². The highest BCUT2D eigenvalue weighted by Gasteiger charge is 2.03. The number of imidazole rings is 1. The van der Waals surface area contributed by atoms with E-state index in [1.165, 1.54) is 0 Å². The molecule has 0 bridgehead atoms. The first-order valence-electron chi connectivity index (χ1n) is 5.84. The van der Waals surface area contributed by atoms with Crippen molar-refractivity contribution in [3.63, 3.8) is 0 Å². The van der Waals surface area contributed by atoms with Crippen LogP contribution in [0, 0.1) is 0 Å². The Balaban J connectivity index is 1.76. The van der Waals surface area contributed by atoms with Crippen molar-refractivity contribution < 1.29 is 0 Å². The van der Waals surface area contributed by atoms with Crippen LogP contribution in [0.4, 0.5) is 5.69 Å². The number of benzene rings is 2. The standard InChI is InChI=1S/C14H11BrClN3/c15-9-1-6-12-13(7-9)19-14(18-12)8-17-11-4-2-10(16)3-5-11/h1-7,17H,8H2,(H,18,19). The van der Waals surface area contributed by atoms with Crippen LogP contribution in [-0.2, 0) is 6.54 Å². The number of nitrogens with one attached hydrogen (secondary N) is 2. The number of hydrogen-bond acceptors (Lipinski definition) is 2. The molecular weight excluding hydrogens is 326 g/mol. The molecule has 0 amide bonds. The number of halogens is 2. The molecule has 0 fully saturated rings. The second kappa shape index (κ2) is 5.23. The molecule has 3 aromatic rings. The third-order valence-corrected chi connectivity index (χ3v) is 3.54. The molecule has 0 radical (unpaired) electrons. The Labute approximate surface area is 124 Å². The van der Waals surface area contributed by atoms with Gasteiger partial charge in [0.25, 0.3) is 0 Å². The Morgan fingerprint density at radius 1 is 1.16 bits per heavy atom. The molecule has 0 unspecified atom stereocenters. The molecule has 3 nitrogen and oxygen atoms in total. The van der Waals surface area contributed by atoms with Crippen molar-refractivity contribution in [3.8, 4) is 0 Å². The van der Waals surface area contributed by atoms with Crippen molar-refractivity contribution in [2.75, 3.05) is 5.32 Å². The van der Waals surface area contributed by atoms with Gasteiger partial charge in [0.15, 0.2) is 0 Å². The number of aromatic amines is 1. The molecule has 3 rings (SSSR count).